The van der Waals surface area contributed by atoms with E-state index in [2.05, 4.69) is 9.97 Å². The number of hydrogen-bond acceptors (Lipinski definition) is 4. The fourth-order valence-electron chi connectivity index (χ4n) is 1.30. The number of anilines is 1. The molecule has 4 nitrogen and oxygen atoms in total. The molecule has 0 radical (unpaired) electrons. The molecule has 6 heteroatoms. The van der Waals surface area contributed by atoms with Gasteiger partial charge in [0.15, 0.2) is 0 Å². The lowest BCUT2D eigenvalue weighted by molar-refractivity contribution is 1.13. The van der Waals surface area contributed by atoms with Crippen LogP contribution in [0, 0.1) is 13.8 Å². The fraction of sp³-hybridized carbons (Fsp3) is 0.250. The van der Waals surface area contributed by atoms with Crippen molar-refractivity contribution in [2.75, 3.05) is 5.73 Å². The van der Waals surface area contributed by atoms with Crippen LogP contribution in [-0.2, 0) is 0 Å². The molecule has 0 bridgehead atoms. The number of nitrogens with two attached hydrogens (primary N) is 1. The monoisotopic (exact) mass is 231 g/mol. The van der Waals surface area contributed by atoms with Gasteiger partial charge in [-0.2, -0.15) is 4.98 Å². The Balaban J connectivity index is 0.000000980. The Bertz CT molecular complexity index is 531. The highest BCUT2D eigenvalue weighted by Crippen LogP contribution is 2.30. The van der Waals surface area contributed by atoms with Crippen molar-refractivity contribution in [3.8, 4) is 0 Å². The van der Waals surface area contributed by atoms with E-state index < -0.39 is 0 Å². The standard InChI is InChI=1S/C8H9N3OS.ClH/c1-3-4(2)13-7-5(3)6(9)10-8(12)11-7;/h1-2H3,(H3,9,10,11,12);1H. The van der Waals surface area contributed by atoms with Crippen molar-refractivity contribution in [2.45, 2.75) is 13.8 Å². The van der Waals surface area contributed by atoms with Crippen molar-refractivity contribution >= 4 is 39.8 Å². The van der Waals surface area contributed by atoms with Crippen molar-refractivity contribution < 1.29 is 0 Å². The van der Waals surface area contributed by atoms with E-state index in [4.69, 9.17) is 5.73 Å². The molecule has 2 aromatic heterocycles. The number of nitrogen functional groups attached to an aromatic ring is 1. The molecule has 0 aliphatic carbocycles. The van der Waals surface area contributed by atoms with Crippen LogP contribution in [0.25, 0.3) is 10.2 Å². The average Bonchev–Trinajstić information content (AvgIpc) is 2.27. The maximum atomic E-state index is 11.0. The normalized spacial score (nSPS) is 10.1. The maximum absolute atomic E-state index is 11.0. The third-order valence-electron chi connectivity index (χ3n) is 2.08. The Morgan fingerprint density at radius 2 is 2.07 bits per heavy atom. The lowest BCUT2D eigenvalue weighted by Gasteiger charge is -1.95. The van der Waals surface area contributed by atoms with E-state index in [0.29, 0.717) is 5.82 Å². The minimum atomic E-state index is -0.383. The van der Waals surface area contributed by atoms with E-state index >= 15 is 0 Å². The summed E-state index contributed by atoms with van der Waals surface area (Å²) in [6, 6.07) is 0. The largest absolute Gasteiger partial charge is 0.385 e. The minimum absolute atomic E-state index is 0. The highest BCUT2D eigenvalue weighted by molar-refractivity contribution is 7.18. The van der Waals surface area contributed by atoms with Crippen LogP contribution in [0.2, 0.25) is 0 Å². The van der Waals surface area contributed by atoms with Crippen molar-refractivity contribution in [3.63, 3.8) is 0 Å². The Morgan fingerprint density at radius 1 is 1.43 bits per heavy atom. The van der Waals surface area contributed by atoms with Gasteiger partial charge in [0.2, 0.25) is 0 Å². The Labute approximate surface area is 90.6 Å². The summed E-state index contributed by atoms with van der Waals surface area (Å²) in [4.78, 5) is 19.2. The number of thiophene rings is 1. The van der Waals surface area contributed by atoms with Crippen LogP contribution in [-0.4, -0.2) is 9.97 Å². The van der Waals surface area contributed by atoms with Gasteiger partial charge in [-0.25, -0.2) is 4.79 Å². The second kappa shape index (κ2) is 3.59. The number of aryl methyl sites for hydroxylation is 2. The number of H-pyrrole nitrogens is 1. The van der Waals surface area contributed by atoms with Crippen molar-refractivity contribution in [1.82, 2.24) is 9.97 Å². The van der Waals surface area contributed by atoms with Gasteiger partial charge in [0.25, 0.3) is 0 Å². The summed E-state index contributed by atoms with van der Waals surface area (Å²) in [5, 5.41) is 0.877. The van der Waals surface area contributed by atoms with Gasteiger partial charge < -0.3 is 5.73 Å². The number of nitrogens with one attached hydrogen (secondary N) is 1. The molecule has 2 aromatic rings. The van der Waals surface area contributed by atoms with Crippen LogP contribution in [0.4, 0.5) is 5.82 Å². The summed E-state index contributed by atoms with van der Waals surface area (Å²) in [5.74, 6) is 0.414. The first kappa shape index (κ1) is 11.0. The molecule has 0 saturated heterocycles. The van der Waals surface area contributed by atoms with Crippen molar-refractivity contribution in [2.24, 2.45) is 0 Å². The second-order valence-electron chi connectivity index (χ2n) is 2.92. The maximum Gasteiger partial charge on any atom is 0.347 e. The number of halogens is 1. The first-order valence-electron chi connectivity index (χ1n) is 3.85. The molecular weight excluding hydrogens is 222 g/mol. The van der Waals surface area contributed by atoms with Crippen LogP contribution in [0.5, 0.6) is 0 Å². The highest BCUT2D eigenvalue weighted by atomic mass is 35.5. The number of fused-ring (bicyclic) bond motifs is 1. The Hall–Kier alpha value is -1.07. The lowest BCUT2D eigenvalue weighted by atomic mass is 10.2. The van der Waals surface area contributed by atoms with Gasteiger partial charge in [0.05, 0.1) is 5.39 Å². The summed E-state index contributed by atoms with van der Waals surface area (Å²) in [6.07, 6.45) is 0. The number of nitrogens with zero attached hydrogens (tertiary/aromatic N) is 1. The summed E-state index contributed by atoms with van der Waals surface area (Å²) in [5.41, 5.74) is 6.40. The predicted molar refractivity (Wildman–Crippen MR) is 61.4 cm³/mol. The molecule has 2 rings (SSSR count). The van der Waals surface area contributed by atoms with E-state index in [9.17, 15) is 4.79 Å². The SMILES string of the molecule is Cc1sc2nc(=O)[nH]c(N)c2c1C.Cl. The van der Waals surface area contributed by atoms with Gasteiger partial charge in [-0.15, -0.1) is 23.7 Å². The number of hydrogen-bond donors (Lipinski definition) is 2. The van der Waals surface area contributed by atoms with Crippen LogP contribution >= 0.6 is 23.7 Å². The molecule has 76 valence electrons. The zero-order valence-corrected chi connectivity index (χ0v) is 9.38. The zero-order chi connectivity index (χ0) is 9.59. The predicted octanol–water partition coefficient (Wildman–Crippen LogP) is 1.61. The van der Waals surface area contributed by atoms with E-state index in [0.717, 1.165) is 20.7 Å². The van der Waals surface area contributed by atoms with Gasteiger partial charge >= 0.3 is 5.69 Å². The van der Waals surface area contributed by atoms with Gasteiger partial charge in [0, 0.05) is 4.88 Å². The third kappa shape index (κ3) is 1.49. The fourth-order valence-corrected chi connectivity index (χ4v) is 2.34. The smallest absolute Gasteiger partial charge is 0.347 e. The van der Waals surface area contributed by atoms with E-state index in [1.165, 1.54) is 11.3 Å². The average molecular weight is 232 g/mol. The van der Waals surface area contributed by atoms with Crippen molar-refractivity contribution in [1.29, 1.82) is 0 Å². The topological polar surface area (TPSA) is 71.8 Å². The van der Waals surface area contributed by atoms with Crippen LogP contribution in [0.3, 0.4) is 0 Å². The molecule has 3 N–H and O–H groups in total. The second-order valence-corrected chi connectivity index (χ2v) is 4.12. The quantitative estimate of drug-likeness (QED) is 0.724. The Morgan fingerprint density at radius 3 is 2.71 bits per heavy atom. The lowest BCUT2D eigenvalue weighted by Crippen LogP contribution is -2.11. The van der Waals surface area contributed by atoms with Crippen LogP contribution < -0.4 is 11.4 Å². The van der Waals surface area contributed by atoms with E-state index in [1.807, 2.05) is 13.8 Å². The highest BCUT2D eigenvalue weighted by Gasteiger charge is 2.09. The summed E-state index contributed by atoms with van der Waals surface area (Å²) in [6.45, 7) is 3.97. The molecule has 2 heterocycles. The van der Waals surface area contributed by atoms with E-state index in [-0.39, 0.29) is 18.1 Å². The molecule has 0 fully saturated rings. The van der Waals surface area contributed by atoms with E-state index in [1.54, 1.807) is 0 Å². The van der Waals surface area contributed by atoms with Gasteiger partial charge in [-0.05, 0) is 19.4 Å². The number of aromatic nitrogens is 2. The summed E-state index contributed by atoms with van der Waals surface area (Å²) < 4.78 is 0. The minimum Gasteiger partial charge on any atom is -0.385 e. The summed E-state index contributed by atoms with van der Waals surface area (Å²) >= 11 is 1.50. The van der Waals surface area contributed by atoms with Gasteiger partial charge in [-0.1, -0.05) is 0 Å². The molecule has 0 spiro atoms. The molecular formula is C8H10ClN3OS. The molecule has 0 atom stereocenters. The third-order valence-corrected chi connectivity index (χ3v) is 3.18. The van der Waals surface area contributed by atoms with Gasteiger partial charge in [0.1, 0.15) is 10.6 Å². The number of aromatic amines is 1. The Kier molecular flexibility index (Phi) is 2.82. The number of rotatable bonds is 0. The molecule has 0 amide bonds. The molecule has 0 aromatic carbocycles. The molecule has 14 heavy (non-hydrogen) atoms. The molecule has 0 saturated carbocycles. The summed E-state index contributed by atoms with van der Waals surface area (Å²) in [7, 11) is 0. The molecule has 0 aliphatic heterocycles. The molecule has 0 aliphatic rings. The first-order valence-corrected chi connectivity index (χ1v) is 4.66. The molecule has 0 unspecified atom stereocenters. The zero-order valence-electron chi connectivity index (χ0n) is 7.75. The van der Waals surface area contributed by atoms with Crippen LogP contribution in [0.15, 0.2) is 4.79 Å². The van der Waals surface area contributed by atoms with Crippen LogP contribution in [0.1, 0.15) is 10.4 Å². The van der Waals surface area contributed by atoms with Gasteiger partial charge in [-0.3, -0.25) is 4.98 Å². The first-order chi connectivity index (χ1) is 6.09. The van der Waals surface area contributed by atoms with Crippen molar-refractivity contribution in [3.05, 3.63) is 20.9 Å².